The van der Waals surface area contributed by atoms with E-state index in [2.05, 4.69) is 53.8 Å². The summed E-state index contributed by atoms with van der Waals surface area (Å²) >= 11 is 1.79. The van der Waals surface area contributed by atoms with Gasteiger partial charge in [-0.3, -0.25) is 9.58 Å². The summed E-state index contributed by atoms with van der Waals surface area (Å²) in [5.41, 5.74) is 4.99. The number of thiophene rings is 1. The van der Waals surface area contributed by atoms with Crippen molar-refractivity contribution in [1.29, 1.82) is 0 Å². The van der Waals surface area contributed by atoms with Crippen molar-refractivity contribution in [3.8, 4) is 0 Å². The molecular weight excluding hydrogens is 306 g/mol. The molecule has 0 aliphatic rings. The zero-order valence-electron chi connectivity index (χ0n) is 15.0. The zero-order valence-corrected chi connectivity index (χ0v) is 15.8. The molecule has 0 saturated heterocycles. The molecule has 5 heteroatoms. The maximum absolute atomic E-state index is 9.87. The maximum atomic E-state index is 9.87. The zero-order chi connectivity index (χ0) is 17.0. The Kier molecular flexibility index (Phi) is 6.39. The van der Waals surface area contributed by atoms with Gasteiger partial charge in [-0.05, 0) is 51.1 Å². The van der Waals surface area contributed by atoms with Crippen molar-refractivity contribution in [2.24, 2.45) is 0 Å². The molecule has 0 saturated carbocycles. The highest BCUT2D eigenvalue weighted by molar-refractivity contribution is 7.10. The van der Waals surface area contributed by atoms with E-state index in [0.29, 0.717) is 6.54 Å². The smallest absolute Gasteiger partial charge is 0.0641 e. The summed E-state index contributed by atoms with van der Waals surface area (Å²) in [6, 6.07) is 2.16. The average molecular weight is 336 g/mol. The van der Waals surface area contributed by atoms with Gasteiger partial charge in [0.1, 0.15) is 0 Å². The second kappa shape index (κ2) is 8.08. The van der Waals surface area contributed by atoms with E-state index < -0.39 is 0 Å². The van der Waals surface area contributed by atoms with E-state index in [1.54, 1.807) is 11.3 Å². The van der Waals surface area contributed by atoms with Crippen LogP contribution in [0, 0.1) is 20.8 Å². The SMILES string of the molecule is CCCn1nc(C)c(CN(Cc2sccc2C)C[C@H](C)O)c1C. The molecule has 0 aliphatic heterocycles. The minimum Gasteiger partial charge on any atom is -0.392 e. The van der Waals surface area contributed by atoms with Crippen molar-refractivity contribution in [1.82, 2.24) is 14.7 Å². The molecule has 1 atom stereocenters. The molecule has 2 rings (SSSR count). The summed E-state index contributed by atoms with van der Waals surface area (Å²) in [4.78, 5) is 3.71. The number of aliphatic hydroxyl groups excluding tert-OH is 1. The molecule has 128 valence electrons. The molecule has 2 heterocycles. The minimum absolute atomic E-state index is 0.332. The van der Waals surface area contributed by atoms with Gasteiger partial charge >= 0.3 is 0 Å². The van der Waals surface area contributed by atoms with Gasteiger partial charge in [0.2, 0.25) is 0 Å². The van der Waals surface area contributed by atoms with Gasteiger partial charge in [-0.1, -0.05) is 6.92 Å². The van der Waals surface area contributed by atoms with Crippen molar-refractivity contribution in [3.05, 3.63) is 38.8 Å². The van der Waals surface area contributed by atoms with Crippen molar-refractivity contribution < 1.29 is 5.11 Å². The van der Waals surface area contributed by atoms with Gasteiger partial charge in [-0.15, -0.1) is 11.3 Å². The summed E-state index contributed by atoms with van der Waals surface area (Å²) in [7, 11) is 0. The van der Waals surface area contributed by atoms with E-state index in [1.807, 2.05) is 6.92 Å². The molecule has 0 aliphatic carbocycles. The monoisotopic (exact) mass is 335 g/mol. The lowest BCUT2D eigenvalue weighted by Crippen LogP contribution is -2.30. The molecule has 0 radical (unpaired) electrons. The Morgan fingerprint density at radius 2 is 2.04 bits per heavy atom. The van der Waals surface area contributed by atoms with E-state index in [-0.39, 0.29) is 6.10 Å². The van der Waals surface area contributed by atoms with E-state index >= 15 is 0 Å². The fourth-order valence-corrected chi connectivity index (χ4v) is 3.89. The summed E-state index contributed by atoms with van der Waals surface area (Å²) in [5, 5.41) is 16.7. The highest BCUT2D eigenvalue weighted by Crippen LogP contribution is 2.22. The van der Waals surface area contributed by atoms with Crippen LogP contribution in [0.25, 0.3) is 0 Å². The van der Waals surface area contributed by atoms with Crippen LogP contribution in [0.15, 0.2) is 11.4 Å². The van der Waals surface area contributed by atoms with Gasteiger partial charge in [-0.2, -0.15) is 5.10 Å². The Hall–Kier alpha value is -1.17. The first-order valence-corrected chi connectivity index (χ1v) is 9.26. The molecule has 2 aromatic rings. The predicted octanol–water partition coefficient (Wildman–Crippen LogP) is 3.66. The molecule has 0 bridgehead atoms. The largest absolute Gasteiger partial charge is 0.392 e. The Morgan fingerprint density at radius 3 is 2.61 bits per heavy atom. The van der Waals surface area contributed by atoms with Gasteiger partial charge in [0.15, 0.2) is 0 Å². The molecule has 4 nitrogen and oxygen atoms in total. The van der Waals surface area contributed by atoms with Crippen LogP contribution in [-0.2, 0) is 19.6 Å². The molecule has 0 fully saturated rings. The Morgan fingerprint density at radius 1 is 1.30 bits per heavy atom. The summed E-state index contributed by atoms with van der Waals surface area (Å²) < 4.78 is 2.11. The first-order chi connectivity index (χ1) is 10.9. The molecule has 23 heavy (non-hydrogen) atoms. The van der Waals surface area contributed by atoms with Gasteiger partial charge in [0.05, 0.1) is 11.8 Å². The highest BCUT2D eigenvalue weighted by Gasteiger charge is 2.17. The van der Waals surface area contributed by atoms with Gasteiger partial charge in [0.25, 0.3) is 0 Å². The Bertz CT molecular complexity index is 630. The fourth-order valence-electron chi connectivity index (χ4n) is 2.94. The van der Waals surface area contributed by atoms with E-state index in [1.165, 1.54) is 21.7 Å². The predicted molar refractivity (Wildman–Crippen MR) is 96.8 cm³/mol. The van der Waals surface area contributed by atoms with E-state index in [4.69, 9.17) is 0 Å². The van der Waals surface area contributed by atoms with Crippen LogP contribution in [0.1, 0.15) is 47.7 Å². The van der Waals surface area contributed by atoms with Crippen LogP contribution < -0.4 is 0 Å². The summed E-state index contributed by atoms with van der Waals surface area (Å²) in [6.45, 7) is 13.8. The summed E-state index contributed by atoms with van der Waals surface area (Å²) in [6.07, 6.45) is 0.759. The van der Waals surface area contributed by atoms with Crippen LogP contribution in [0.2, 0.25) is 0 Å². The third-order valence-corrected chi connectivity index (χ3v) is 5.21. The first-order valence-electron chi connectivity index (χ1n) is 8.38. The van der Waals surface area contributed by atoms with E-state index in [9.17, 15) is 5.11 Å². The number of hydrogen-bond acceptors (Lipinski definition) is 4. The second-order valence-corrected chi connectivity index (χ2v) is 7.42. The minimum atomic E-state index is -0.332. The first kappa shape index (κ1) is 18.2. The lowest BCUT2D eigenvalue weighted by molar-refractivity contribution is 0.118. The molecule has 2 aromatic heterocycles. The van der Waals surface area contributed by atoms with Crippen molar-refractivity contribution in [2.45, 2.75) is 66.8 Å². The number of aryl methyl sites for hydroxylation is 3. The number of nitrogens with zero attached hydrogens (tertiary/aromatic N) is 3. The third kappa shape index (κ3) is 4.66. The fraction of sp³-hybridized carbons (Fsp3) is 0.611. The second-order valence-electron chi connectivity index (χ2n) is 6.42. The van der Waals surface area contributed by atoms with E-state index in [0.717, 1.165) is 31.7 Å². The molecule has 1 N–H and O–H groups in total. The third-order valence-electron chi connectivity index (χ3n) is 4.21. The topological polar surface area (TPSA) is 41.3 Å². The van der Waals surface area contributed by atoms with Crippen LogP contribution in [0.5, 0.6) is 0 Å². The van der Waals surface area contributed by atoms with Crippen LogP contribution in [0.3, 0.4) is 0 Å². The van der Waals surface area contributed by atoms with Crippen LogP contribution in [0.4, 0.5) is 0 Å². The maximum Gasteiger partial charge on any atom is 0.0641 e. The summed E-state index contributed by atoms with van der Waals surface area (Å²) in [5.74, 6) is 0. The number of aliphatic hydroxyl groups is 1. The number of aromatic nitrogens is 2. The molecular formula is C18H29N3OS. The standard InChI is InChI=1S/C18H29N3OS/c1-6-8-21-16(5)17(15(4)19-21)11-20(10-14(3)22)12-18-13(2)7-9-23-18/h7,9,14,22H,6,8,10-12H2,1-5H3/t14-/m0/s1. The average Bonchev–Trinajstić information content (AvgIpc) is 2.98. The van der Waals surface area contributed by atoms with Crippen LogP contribution in [-0.4, -0.2) is 32.4 Å². The quantitative estimate of drug-likeness (QED) is 0.800. The van der Waals surface area contributed by atoms with Crippen LogP contribution >= 0.6 is 11.3 Å². The number of rotatable bonds is 8. The molecule has 0 aromatic carbocycles. The molecule has 0 spiro atoms. The normalized spacial score (nSPS) is 13.0. The van der Waals surface area contributed by atoms with Crippen molar-refractivity contribution >= 4 is 11.3 Å². The van der Waals surface area contributed by atoms with Crippen molar-refractivity contribution in [2.75, 3.05) is 6.54 Å². The van der Waals surface area contributed by atoms with Gasteiger partial charge < -0.3 is 5.11 Å². The lowest BCUT2D eigenvalue weighted by atomic mass is 10.1. The van der Waals surface area contributed by atoms with Crippen molar-refractivity contribution in [3.63, 3.8) is 0 Å². The molecule has 0 amide bonds. The lowest BCUT2D eigenvalue weighted by Gasteiger charge is -2.24. The molecule has 0 unspecified atom stereocenters. The highest BCUT2D eigenvalue weighted by atomic mass is 32.1. The van der Waals surface area contributed by atoms with Gasteiger partial charge in [0, 0.05) is 42.3 Å². The number of hydrogen-bond donors (Lipinski definition) is 1. The van der Waals surface area contributed by atoms with Gasteiger partial charge in [-0.25, -0.2) is 0 Å². The Labute approximate surface area is 143 Å². The Balaban J connectivity index is 2.19.